The Bertz CT molecular complexity index is 489. The minimum atomic E-state index is 0.226. The summed E-state index contributed by atoms with van der Waals surface area (Å²) in [4.78, 5) is 7.98. The first-order valence-electron chi connectivity index (χ1n) is 3.77. The molecular formula is C7H4BrCl2N5. The van der Waals surface area contributed by atoms with E-state index in [0.717, 1.165) is 0 Å². The smallest absolute Gasteiger partial charge is 0.254 e. The Morgan fingerprint density at radius 1 is 1.33 bits per heavy atom. The highest BCUT2D eigenvalue weighted by Crippen LogP contribution is 2.25. The van der Waals surface area contributed by atoms with Crippen molar-refractivity contribution in [3.05, 3.63) is 27.0 Å². The molecule has 0 amide bonds. The van der Waals surface area contributed by atoms with Gasteiger partial charge in [0, 0.05) is 0 Å². The van der Waals surface area contributed by atoms with Crippen molar-refractivity contribution in [2.24, 2.45) is 0 Å². The third kappa shape index (κ3) is 2.06. The van der Waals surface area contributed by atoms with Gasteiger partial charge in [0.25, 0.3) is 5.95 Å². The average molecular weight is 309 g/mol. The van der Waals surface area contributed by atoms with Crippen LogP contribution in [0.4, 0.5) is 5.82 Å². The molecule has 0 aliphatic carbocycles. The van der Waals surface area contributed by atoms with Crippen LogP contribution in [-0.4, -0.2) is 19.7 Å². The molecule has 0 unspecified atom stereocenters. The van der Waals surface area contributed by atoms with Crippen LogP contribution in [0.2, 0.25) is 10.2 Å². The summed E-state index contributed by atoms with van der Waals surface area (Å²) >= 11 is 14.7. The number of hydrogen-bond acceptors (Lipinski definition) is 4. The zero-order chi connectivity index (χ0) is 11.0. The Kier molecular flexibility index (Phi) is 2.81. The first kappa shape index (κ1) is 10.7. The third-order valence-corrected chi connectivity index (χ3v) is 3.06. The largest absolute Gasteiger partial charge is 0.383 e. The lowest BCUT2D eigenvalue weighted by atomic mass is 10.6. The molecule has 8 heteroatoms. The maximum absolute atomic E-state index is 5.82. The van der Waals surface area contributed by atoms with Gasteiger partial charge in [0.1, 0.15) is 5.82 Å². The molecule has 5 nitrogen and oxygen atoms in total. The van der Waals surface area contributed by atoms with Crippen molar-refractivity contribution in [1.82, 2.24) is 19.7 Å². The van der Waals surface area contributed by atoms with Gasteiger partial charge in [0.05, 0.1) is 21.9 Å². The van der Waals surface area contributed by atoms with Crippen LogP contribution in [0.5, 0.6) is 0 Å². The lowest BCUT2D eigenvalue weighted by Gasteiger charge is -2.03. The Hall–Kier alpha value is -0.850. The van der Waals surface area contributed by atoms with Gasteiger partial charge in [-0.3, -0.25) is 0 Å². The second-order valence-corrected chi connectivity index (χ2v) is 4.20. The molecule has 0 aliphatic rings. The van der Waals surface area contributed by atoms with Crippen LogP contribution in [0.25, 0.3) is 5.95 Å². The molecule has 0 aromatic carbocycles. The first-order valence-corrected chi connectivity index (χ1v) is 5.32. The summed E-state index contributed by atoms with van der Waals surface area (Å²) in [5.41, 5.74) is 5.61. The van der Waals surface area contributed by atoms with Gasteiger partial charge in [-0.15, -0.1) is 0 Å². The molecule has 15 heavy (non-hydrogen) atoms. The fourth-order valence-electron chi connectivity index (χ4n) is 0.937. The molecular weight excluding hydrogens is 305 g/mol. The van der Waals surface area contributed by atoms with Gasteiger partial charge in [-0.05, 0) is 15.9 Å². The van der Waals surface area contributed by atoms with Gasteiger partial charge in [-0.25, -0.2) is 4.68 Å². The van der Waals surface area contributed by atoms with Crippen LogP contribution >= 0.6 is 39.1 Å². The van der Waals surface area contributed by atoms with E-state index in [2.05, 4.69) is 31.0 Å². The van der Waals surface area contributed by atoms with Gasteiger partial charge in [-0.2, -0.15) is 15.1 Å². The SMILES string of the molecule is Nc1nc(-n2cc(Cl)cn2)nc(Cl)c1Br. The van der Waals surface area contributed by atoms with E-state index in [9.17, 15) is 0 Å². The zero-order valence-corrected chi connectivity index (χ0v) is 10.3. The molecule has 0 bridgehead atoms. The maximum atomic E-state index is 5.82. The fourth-order valence-corrected chi connectivity index (χ4v) is 1.42. The van der Waals surface area contributed by atoms with E-state index in [1.54, 1.807) is 6.20 Å². The molecule has 2 aromatic rings. The minimum Gasteiger partial charge on any atom is -0.383 e. The molecule has 0 spiro atoms. The minimum absolute atomic E-state index is 0.226. The van der Waals surface area contributed by atoms with Crippen LogP contribution in [0.3, 0.4) is 0 Å². The van der Waals surface area contributed by atoms with Gasteiger partial charge in [0.2, 0.25) is 0 Å². The summed E-state index contributed by atoms with van der Waals surface area (Å²) in [6.45, 7) is 0. The van der Waals surface area contributed by atoms with Crippen LogP contribution < -0.4 is 5.73 Å². The topological polar surface area (TPSA) is 69.6 Å². The fraction of sp³-hybridized carbons (Fsp3) is 0. The van der Waals surface area contributed by atoms with Crippen molar-refractivity contribution in [2.75, 3.05) is 5.73 Å². The second kappa shape index (κ2) is 3.96. The van der Waals surface area contributed by atoms with Crippen LogP contribution in [-0.2, 0) is 0 Å². The lowest BCUT2D eigenvalue weighted by molar-refractivity contribution is 0.809. The van der Waals surface area contributed by atoms with Crippen molar-refractivity contribution in [3.63, 3.8) is 0 Å². The molecule has 0 fully saturated rings. The lowest BCUT2D eigenvalue weighted by Crippen LogP contribution is -2.05. The molecule has 2 N–H and O–H groups in total. The highest BCUT2D eigenvalue weighted by molar-refractivity contribution is 9.10. The molecule has 0 saturated carbocycles. The van der Waals surface area contributed by atoms with Crippen molar-refractivity contribution in [3.8, 4) is 5.95 Å². The second-order valence-electron chi connectivity index (χ2n) is 2.62. The normalized spacial score (nSPS) is 10.6. The summed E-state index contributed by atoms with van der Waals surface area (Å²) in [6.07, 6.45) is 3.03. The number of nitrogen functional groups attached to an aromatic ring is 1. The molecule has 0 atom stereocenters. The van der Waals surface area contributed by atoms with E-state index >= 15 is 0 Å². The quantitative estimate of drug-likeness (QED) is 0.821. The van der Waals surface area contributed by atoms with E-state index in [1.807, 2.05) is 0 Å². The van der Waals surface area contributed by atoms with Crippen molar-refractivity contribution < 1.29 is 0 Å². The molecule has 0 saturated heterocycles. The van der Waals surface area contributed by atoms with E-state index in [4.69, 9.17) is 28.9 Å². The number of anilines is 1. The molecule has 78 valence electrons. The Morgan fingerprint density at radius 3 is 2.60 bits per heavy atom. The monoisotopic (exact) mass is 307 g/mol. The molecule has 2 rings (SSSR count). The van der Waals surface area contributed by atoms with Crippen LogP contribution in [0.1, 0.15) is 0 Å². The standard InChI is InChI=1S/C7H4BrCl2N5/c8-4-5(10)13-7(14-6(4)11)15-2-3(9)1-12-15/h1-2H,(H2,11,13,14). The van der Waals surface area contributed by atoms with E-state index in [1.165, 1.54) is 10.9 Å². The zero-order valence-electron chi connectivity index (χ0n) is 7.15. The highest BCUT2D eigenvalue weighted by atomic mass is 79.9. The van der Waals surface area contributed by atoms with Crippen molar-refractivity contribution in [2.45, 2.75) is 0 Å². The number of rotatable bonds is 1. The summed E-state index contributed by atoms with van der Waals surface area (Å²) in [5.74, 6) is 0.518. The third-order valence-electron chi connectivity index (χ3n) is 1.58. The van der Waals surface area contributed by atoms with E-state index in [-0.39, 0.29) is 16.9 Å². The number of hydrogen-bond donors (Lipinski definition) is 1. The number of halogens is 3. The number of aromatic nitrogens is 4. The molecule has 2 heterocycles. The predicted octanol–water partition coefficient (Wildman–Crippen LogP) is 2.31. The highest BCUT2D eigenvalue weighted by Gasteiger charge is 2.10. The average Bonchev–Trinajstić information content (AvgIpc) is 2.60. The van der Waals surface area contributed by atoms with Crippen LogP contribution in [0.15, 0.2) is 16.9 Å². The Morgan fingerprint density at radius 2 is 2.07 bits per heavy atom. The molecule has 0 radical (unpaired) electrons. The predicted molar refractivity (Wildman–Crippen MR) is 61.3 cm³/mol. The van der Waals surface area contributed by atoms with Crippen molar-refractivity contribution in [1.29, 1.82) is 0 Å². The number of nitrogens with two attached hydrogens (primary N) is 1. The maximum Gasteiger partial charge on any atom is 0.254 e. The number of nitrogens with zero attached hydrogens (tertiary/aromatic N) is 4. The van der Waals surface area contributed by atoms with Gasteiger partial charge in [0.15, 0.2) is 5.15 Å². The Labute approximate surface area is 103 Å². The van der Waals surface area contributed by atoms with E-state index < -0.39 is 0 Å². The first-order chi connectivity index (χ1) is 7.08. The molecule has 2 aromatic heterocycles. The van der Waals surface area contributed by atoms with E-state index in [0.29, 0.717) is 9.50 Å². The van der Waals surface area contributed by atoms with Crippen LogP contribution in [0, 0.1) is 0 Å². The van der Waals surface area contributed by atoms with Crippen molar-refractivity contribution >= 4 is 44.9 Å². The van der Waals surface area contributed by atoms with Gasteiger partial charge < -0.3 is 5.73 Å². The summed E-state index contributed by atoms with van der Waals surface area (Å²) < 4.78 is 1.85. The summed E-state index contributed by atoms with van der Waals surface area (Å²) in [6, 6.07) is 0. The summed E-state index contributed by atoms with van der Waals surface area (Å²) in [7, 11) is 0. The summed E-state index contributed by atoms with van der Waals surface area (Å²) in [5, 5.41) is 4.64. The van der Waals surface area contributed by atoms with Gasteiger partial charge >= 0.3 is 0 Å². The Balaban J connectivity index is 2.55. The molecule has 0 aliphatic heterocycles. The van der Waals surface area contributed by atoms with Gasteiger partial charge in [-0.1, -0.05) is 23.2 Å².